The summed E-state index contributed by atoms with van der Waals surface area (Å²) in [6.45, 7) is 2.25. The molecule has 0 unspecified atom stereocenters. The molecule has 0 aliphatic heterocycles. The molecule has 0 N–H and O–H groups in total. The number of ether oxygens (including phenoxy) is 1. The molecule has 0 spiro atoms. The van der Waals surface area contributed by atoms with Crippen LogP contribution in [0.25, 0.3) is 0 Å². The number of hydrogen-bond acceptors (Lipinski definition) is 2. The number of hydrogen-bond donors (Lipinski definition) is 0. The molecule has 114 valence electrons. The van der Waals surface area contributed by atoms with Gasteiger partial charge in [0.15, 0.2) is 0 Å². The van der Waals surface area contributed by atoms with Crippen LogP contribution in [0.15, 0.2) is 30.3 Å². The van der Waals surface area contributed by atoms with Crippen molar-refractivity contribution >= 4 is 37.0 Å². The number of fused-ring (bicyclic) bond motifs is 2. The minimum absolute atomic E-state index is 0.0485. The second-order valence-electron chi connectivity index (χ2n) is 6.53. The van der Waals surface area contributed by atoms with Crippen LogP contribution in [0, 0.1) is 11.3 Å². The molecule has 0 aromatic heterocycles. The van der Waals surface area contributed by atoms with Crippen molar-refractivity contribution < 1.29 is 9.53 Å². The van der Waals surface area contributed by atoms with Crippen LogP contribution in [-0.4, -0.2) is 33.4 Å². The first kappa shape index (κ1) is 15.4. The molecule has 2 aliphatic rings. The molecule has 0 amide bonds. The summed E-state index contributed by atoms with van der Waals surface area (Å²) >= 11 is 6.83. The van der Waals surface area contributed by atoms with Crippen molar-refractivity contribution in [1.82, 2.24) is 0 Å². The zero-order chi connectivity index (χ0) is 15.1. The van der Waals surface area contributed by atoms with E-state index in [-0.39, 0.29) is 41.9 Å². The molecule has 1 aromatic rings. The van der Waals surface area contributed by atoms with Gasteiger partial charge in [0, 0.05) is 0 Å². The molecule has 1 aromatic carbocycles. The fraction of sp³-hybridized carbons (Fsp3) is 0.588. The molecular weight excluding hydrogens is 351 g/mol. The number of esters is 1. The van der Waals surface area contributed by atoms with Gasteiger partial charge in [0.25, 0.3) is 0 Å². The van der Waals surface area contributed by atoms with Crippen molar-refractivity contribution in [3.63, 3.8) is 0 Å². The third kappa shape index (κ3) is 2.44. The van der Waals surface area contributed by atoms with Crippen molar-refractivity contribution in [1.29, 1.82) is 0 Å². The summed E-state index contributed by atoms with van der Waals surface area (Å²) in [4.78, 5) is 12.7. The fourth-order valence-electron chi connectivity index (χ4n) is 4.13. The zero-order valence-electron chi connectivity index (χ0n) is 12.5. The molecule has 2 aliphatic carbocycles. The van der Waals surface area contributed by atoms with Gasteiger partial charge < -0.3 is 0 Å². The standard InChI is InChI=1S/C17H21ClO2Se/c1-16-10-6-9-13(14(16)18)17(11-16,15(19)20-2)21-12-7-4-3-5-8-12/h3-5,7-8,13-14H,6,9-11H2,1-2H3/t13-,14+,16-,17-/m0/s1. The second-order valence-corrected chi connectivity index (χ2v) is 9.94. The topological polar surface area (TPSA) is 26.3 Å². The molecular formula is C17H21ClO2Se. The van der Waals surface area contributed by atoms with E-state index >= 15 is 0 Å². The number of methoxy groups -OCH3 is 1. The first-order chi connectivity index (χ1) is 10.0. The van der Waals surface area contributed by atoms with Gasteiger partial charge in [-0.25, -0.2) is 0 Å². The van der Waals surface area contributed by atoms with Gasteiger partial charge in [-0.2, -0.15) is 0 Å². The molecule has 2 nitrogen and oxygen atoms in total. The molecule has 4 heteroatoms. The van der Waals surface area contributed by atoms with Crippen LogP contribution < -0.4 is 4.46 Å². The van der Waals surface area contributed by atoms with Gasteiger partial charge in [-0.3, -0.25) is 0 Å². The fourth-order valence-corrected chi connectivity index (χ4v) is 8.37. The van der Waals surface area contributed by atoms with Gasteiger partial charge in [-0.15, -0.1) is 0 Å². The minimum atomic E-state index is -0.388. The summed E-state index contributed by atoms with van der Waals surface area (Å²) in [7, 11) is 1.51. The van der Waals surface area contributed by atoms with Crippen LogP contribution >= 0.6 is 11.6 Å². The van der Waals surface area contributed by atoms with E-state index in [1.54, 1.807) is 0 Å². The Bertz CT molecular complexity index is 535. The van der Waals surface area contributed by atoms with E-state index in [0.717, 1.165) is 19.3 Å². The van der Waals surface area contributed by atoms with Crippen molar-refractivity contribution in [2.75, 3.05) is 7.11 Å². The summed E-state index contributed by atoms with van der Waals surface area (Å²) in [6.07, 6.45) is 4.23. The first-order valence-electron chi connectivity index (χ1n) is 7.48. The van der Waals surface area contributed by atoms with E-state index in [9.17, 15) is 4.79 Å². The van der Waals surface area contributed by atoms with E-state index in [2.05, 4.69) is 19.1 Å². The summed E-state index contributed by atoms with van der Waals surface area (Å²) in [5, 5.41) is 0.0935. The number of benzene rings is 1. The van der Waals surface area contributed by atoms with Gasteiger partial charge in [-0.1, -0.05) is 0 Å². The third-order valence-electron chi connectivity index (χ3n) is 5.12. The Morgan fingerprint density at radius 3 is 2.71 bits per heavy atom. The van der Waals surface area contributed by atoms with Crippen LogP contribution in [0.1, 0.15) is 32.6 Å². The molecule has 2 bridgehead atoms. The molecule has 4 atom stereocenters. The average molecular weight is 372 g/mol. The summed E-state index contributed by atoms with van der Waals surface area (Å²) < 4.78 is 6.10. The molecule has 2 fully saturated rings. The van der Waals surface area contributed by atoms with Gasteiger partial charge in [0.05, 0.1) is 0 Å². The quantitative estimate of drug-likeness (QED) is 0.463. The molecule has 0 heterocycles. The Morgan fingerprint density at radius 1 is 1.38 bits per heavy atom. The predicted molar refractivity (Wildman–Crippen MR) is 86.2 cm³/mol. The van der Waals surface area contributed by atoms with E-state index in [1.807, 2.05) is 18.2 Å². The molecule has 2 saturated carbocycles. The van der Waals surface area contributed by atoms with Crippen LogP contribution in [0.3, 0.4) is 0 Å². The maximum atomic E-state index is 12.7. The molecule has 21 heavy (non-hydrogen) atoms. The summed E-state index contributed by atoms with van der Waals surface area (Å²) in [5.74, 6) is 0.207. The Morgan fingerprint density at radius 2 is 2.10 bits per heavy atom. The Hall–Kier alpha value is -0.501. The normalized spacial score (nSPS) is 38.2. The van der Waals surface area contributed by atoms with Crippen molar-refractivity contribution in [2.24, 2.45) is 11.3 Å². The number of carbonyl (C=O) groups excluding carboxylic acids is 1. The van der Waals surface area contributed by atoms with Gasteiger partial charge in [0.1, 0.15) is 0 Å². The summed E-state index contributed by atoms with van der Waals surface area (Å²) in [5.41, 5.74) is 0.0786. The first-order valence-corrected chi connectivity index (χ1v) is 9.63. The molecule has 0 saturated heterocycles. The number of halogens is 1. The molecule has 3 rings (SSSR count). The Kier molecular flexibility index (Phi) is 4.11. The Labute approximate surface area is 137 Å². The van der Waals surface area contributed by atoms with Crippen LogP contribution in [0.5, 0.6) is 0 Å². The van der Waals surface area contributed by atoms with Crippen molar-refractivity contribution in [3.05, 3.63) is 30.3 Å². The third-order valence-corrected chi connectivity index (χ3v) is 9.07. The zero-order valence-corrected chi connectivity index (χ0v) is 14.9. The average Bonchev–Trinajstić information content (AvgIpc) is 2.62. The van der Waals surface area contributed by atoms with E-state index < -0.39 is 0 Å². The SMILES string of the molecule is COC(=O)[C@]1([Se]c2ccccc2)C[C@]2(C)CCC[C@H]1[C@H]2Cl. The number of rotatable bonds is 3. The van der Waals surface area contributed by atoms with E-state index in [0.29, 0.717) is 0 Å². The summed E-state index contributed by atoms with van der Waals surface area (Å²) in [6, 6.07) is 10.4. The number of carbonyl (C=O) groups is 1. The van der Waals surface area contributed by atoms with E-state index in [4.69, 9.17) is 16.3 Å². The van der Waals surface area contributed by atoms with Crippen LogP contribution in [-0.2, 0) is 9.53 Å². The second kappa shape index (κ2) is 5.61. The van der Waals surface area contributed by atoms with Crippen LogP contribution in [0.4, 0.5) is 0 Å². The van der Waals surface area contributed by atoms with Crippen molar-refractivity contribution in [3.8, 4) is 0 Å². The Balaban J connectivity index is 2.01. The van der Waals surface area contributed by atoms with Crippen molar-refractivity contribution in [2.45, 2.75) is 42.3 Å². The monoisotopic (exact) mass is 372 g/mol. The van der Waals surface area contributed by atoms with Gasteiger partial charge in [0.2, 0.25) is 0 Å². The van der Waals surface area contributed by atoms with Gasteiger partial charge >= 0.3 is 138 Å². The maximum absolute atomic E-state index is 12.7. The number of alkyl halides is 1. The predicted octanol–water partition coefficient (Wildman–Crippen LogP) is 3.17. The molecule has 0 radical (unpaired) electrons. The van der Waals surface area contributed by atoms with Crippen LogP contribution in [0.2, 0.25) is 4.31 Å². The van der Waals surface area contributed by atoms with E-state index in [1.165, 1.54) is 18.0 Å². The van der Waals surface area contributed by atoms with Gasteiger partial charge in [-0.05, 0) is 0 Å².